The zero-order chi connectivity index (χ0) is 13.8. The van der Waals surface area contributed by atoms with Crippen LogP contribution >= 0.6 is 0 Å². The predicted molar refractivity (Wildman–Crippen MR) is 73.4 cm³/mol. The van der Waals surface area contributed by atoms with Gasteiger partial charge >= 0.3 is 5.97 Å². The molecular formula is C15H17NO3. The number of esters is 1. The molecule has 2 rings (SSSR count). The fourth-order valence-corrected chi connectivity index (χ4v) is 2.03. The second-order valence-corrected chi connectivity index (χ2v) is 4.39. The van der Waals surface area contributed by atoms with Gasteiger partial charge in [-0.05, 0) is 36.8 Å². The fraction of sp³-hybridized carbons (Fsp3) is 0.333. The molecule has 4 nitrogen and oxygen atoms in total. The number of rotatable bonds is 4. The van der Waals surface area contributed by atoms with Crippen LogP contribution in [0.15, 0.2) is 24.3 Å². The second-order valence-electron chi connectivity index (χ2n) is 4.39. The Labute approximate surface area is 112 Å². The number of aryl methyl sites for hydroxylation is 2. The molecule has 0 aliphatic carbocycles. The topological polar surface area (TPSA) is 48.4 Å². The number of aromatic nitrogens is 1. The standard InChI is InChI=1S/C15H17NO3/c1-10-8-11(4-7-15(17)19-3)16-14-6-5-12(18-2)9-13(10)14/h5-6,8-9H,4,7H2,1-3H3. The molecule has 1 aromatic carbocycles. The Hall–Kier alpha value is -2.10. The highest BCUT2D eigenvalue weighted by molar-refractivity contribution is 5.83. The van der Waals surface area contributed by atoms with Crippen molar-refractivity contribution in [3.8, 4) is 5.75 Å². The number of pyridine rings is 1. The third-order valence-electron chi connectivity index (χ3n) is 3.09. The smallest absolute Gasteiger partial charge is 0.305 e. The van der Waals surface area contributed by atoms with Gasteiger partial charge in [0.15, 0.2) is 0 Å². The quantitative estimate of drug-likeness (QED) is 0.792. The van der Waals surface area contributed by atoms with Crippen LogP contribution in [0.4, 0.5) is 0 Å². The van der Waals surface area contributed by atoms with Gasteiger partial charge in [-0.25, -0.2) is 0 Å². The molecule has 4 heteroatoms. The van der Waals surface area contributed by atoms with E-state index in [0.717, 1.165) is 27.9 Å². The van der Waals surface area contributed by atoms with Gasteiger partial charge in [-0.3, -0.25) is 9.78 Å². The monoisotopic (exact) mass is 259 g/mol. The number of ether oxygens (including phenoxy) is 2. The summed E-state index contributed by atoms with van der Waals surface area (Å²) in [4.78, 5) is 15.7. The van der Waals surface area contributed by atoms with E-state index in [1.807, 2.05) is 31.2 Å². The van der Waals surface area contributed by atoms with Crippen molar-refractivity contribution in [3.05, 3.63) is 35.5 Å². The summed E-state index contributed by atoms with van der Waals surface area (Å²) >= 11 is 0. The van der Waals surface area contributed by atoms with Crippen LogP contribution in [0.1, 0.15) is 17.7 Å². The van der Waals surface area contributed by atoms with Crippen molar-refractivity contribution in [2.24, 2.45) is 0 Å². The molecular weight excluding hydrogens is 242 g/mol. The van der Waals surface area contributed by atoms with Crippen molar-refractivity contribution in [1.82, 2.24) is 4.98 Å². The Morgan fingerprint density at radius 2 is 2.05 bits per heavy atom. The molecule has 19 heavy (non-hydrogen) atoms. The molecule has 0 aliphatic heterocycles. The Morgan fingerprint density at radius 1 is 1.26 bits per heavy atom. The summed E-state index contributed by atoms with van der Waals surface area (Å²) in [5.41, 5.74) is 2.95. The van der Waals surface area contributed by atoms with Crippen LogP contribution in [0.25, 0.3) is 10.9 Å². The normalized spacial score (nSPS) is 10.5. The van der Waals surface area contributed by atoms with Crippen LogP contribution in [0.3, 0.4) is 0 Å². The summed E-state index contributed by atoms with van der Waals surface area (Å²) in [6, 6.07) is 7.80. The van der Waals surface area contributed by atoms with Crippen LogP contribution in [-0.4, -0.2) is 25.2 Å². The summed E-state index contributed by atoms with van der Waals surface area (Å²) in [7, 11) is 3.04. The number of methoxy groups -OCH3 is 2. The van der Waals surface area contributed by atoms with Gasteiger partial charge in [-0.15, -0.1) is 0 Å². The molecule has 1 heterocycles. The van der Waals surface area contributed by atoms with Crippen molar-refractivity contribution < 1.29 is 14.3 Å². The molecule has 0 aliphatic rings. The number of nitrogens with zero attached hydrogens (tertiary/aromatic N) is 1. The maximum atomic E-state index is 11.2. The Bertz CT molecular complexity index is 608. The van der Waals surface area contributed by atoms with E-state index in [2.05, 4.69) is 9.72 Å². The Morgan fingerprint density at radius 3 is 2.74 bits per heavy atom. The van der Waals surface area contributed by atoms with Crippen LogP contribution in [0, 0.1) is 6.92 Å². The molecule has 0 atom stereocenters. The SMILES string of the molecule is COC(=O)CCc1cc(C)c2cc(OC)ccc2n1. The van der Waals surface area contributed by atoms with Gasteiger partial charge in [0.25, 0.3) is 0 Å². The van der Waals surface area contributed by atoms with E-state index < -0.39 is 0 Å². The van der Waals surface area contributed by atoms with Gasteiger partial charge in [0.1, 0.15) is 5.75 Å². The minimum Gasteiger partial charge on any atom is -0.497 e. The summed E-state index contributed by atoms with van der Waals surface area (Å²) in [5, 5.41) is 1.07. The molecule has 1 aromatic heterocycles. The largest absolute Gasteiger partial charge is 0.497 e. The Kier molecular flexibility index (Phi) is 4.00. The first-order valence-corrected chi connectivity index (χ1v) is 6.15. The van der Waals surface area contributed by atoms with E-state index in [0.29, 0.717) is 12.8 Å². The number of fused-ring (bicyclic) bond motifs is 1. The van der Waals surface area contributed by atoms with E-state index in [1.54, 1.807) is 7.11 Å². The van der Waals surface area contributed by atoms with E-state index in [4.69, 9.17) is 4.74 Å². The van der Waals surface area contributed by atoms with Gasteiger partial charge in [0, 0.05) is 17.5 Å². The van der Waals surface area contributed by atoms with Crippen LogP contribution in [0.5, 0.6) is 5.75 Å². The van der Waals surface area contributed by atoms with Gasteiger partial charge < -0.3 is 9.47 Å². The second kappa shape index (κ2) is 5.69. The van der Waals surface area contributed by atoms with Gasteiger partial charge in [-0.2, -0.15) is 0 Å². The first-order chi connectivity index (χ1) is 9.13. The molecule has 0 saturated heterocycles. The van der Waals surface area contributed by atoms with E-state index in [9.17, 15) is 4.79 Å². The molecule has 0 N–H and O–H groups in total. The molecule has 100 valence electrons. The molecule has 0 radical (unpaired) electrons. The third kappa shape index (κ3) is 3.02. The van der Waals surface area contributed by atoms with Crippen LogP contribution < -0.4 is 4.74 Å². The summed E-state index contributed by atoms with van der Waals surface area (Å²) in [5.74, 6) is 0.606. The number of hydrogen-bond donors (Lipinski definition) is 0. The van der Waals surface area contributed by atoms with E-state index in [-0.39, 0.29) is 5.97 Å². The van der Waals surface area contributed by atoms with Crippen molar-refractivity contribution in [2.45, 2.75) is 19.8 Å². The maximum Gasteiger partial charge on any atom is 0.305 e. The fourth-order valence-electron chi connectivity index (χ4n) is 2.03. The zero-order valence-corrected chi connectivity index (χ0v) is 11.4. The summed E-state index contributed by atoms with van der Waals surface area (Å²) in [6.07, 6.45) is 0.945. The average Bonchev–Trinajstić information content (AvgIpc) is 2.44. The highest BCUT2D eigenvalue weighted by atomic mass is 16.5. The molecule has 0 bridgehead atoms. The maximum absolute atomic E-state index is 11.2. The van der Waals surface area contributed by atoms with Crippen molar-refractivity contribution in [2.75, 3.05) is 14.2 Å². The number of hydrogen-bond acceptors (Lipinski definition) is 4. The van der Waals surface area contributed by atoms with E-state index in [1.165, 1.54) is 7.11 Å². The molecule has 0 unspecified atom stereocenters. The van der Waals surface area contributed by atoms with Crippen molar-refractivity contribution in [1.29, 1.82) is 0 Å². The number of carbonyl (C=O) groups excluding carboxylic acids is 1. The lowest BCUT2D eigenvalue weighted by atomic mass is 10.1. The first kappa shape index (κ1) is 13.3. The van der Waals surface area contributed by atoms with Gasteiger partial charge in [0.2, 0.25) is 0 Å². The first-order valence-electron chi connectivity index (χ1n) is 6.15. The lowest BCUT2D eigenvalue weighted by Crippen LogP contribution is -2.03. The van der Waals surface area contributed by atoms with Crippen molar-refractivity contribution >= 4 is 16.9 Å². The van der Waals surface area contributed by atoms with Gasteiger partial charge in [-0.1, -0.05) is 0 Å². The summed E-state index contributed by atoms with van der Waals surface area (Å²) in [6.45, 7) is 2.03. The molecule has 0 fully saturated rings. The minimum absolute atomic E-state index is 0.214. The third-order valence-corrected chi connectivity index (χ3v) is 3.09. The highest BCUT2D eigenvalue weighted by Gasteiger charge is 2.07. The molecule has 0 amide bonds. The number of carbonyl (C=O) groups is 1. The van der Waals surface area contributed by atoms with Crippen LogP contribution in [0.2, 0.25) is 0 Å². The molecule has 0 spiro atoms. The molecule has 2 aromatic rings. The highest BCUT2D eigenvalue weighted by Crippen LogP contribution is 2.23. The number of benzene rings is 1. The minimum atomic E-state index is -0.214. The summed E-state index contributed by atoms with van der Waals surface area (Å²) < 4.78 is 9.85. The molecule has 0 saturated carbocycles. The van der Waals surface area contributed by atoms with Gasteiger partial charge in [0.05, 0.1) is 26.2 Å². The van der Waals surface area contributed by atoms with Crippen LogP contribution in [-0.2, 0) is 16.0 Å². The van der Waals surface area contributed by atoms with Crippen molar-refractivity contribution in [3.63, 3.8) is 0 Å². The predicted octanol–water partition coefficient (Wildman–Crippen LogP) is 2.66. The van der Waals surface area contributed by atoms with E-state index >= 15 is 0 Å². The lowest BCUT2D eigenvalue weighted by molar-refractivity contribution is -0.140. The zero-order valence-electron chi connectivity index (χ0n) is 11.4. The average molecular weight is 259 g/mol. The lowest BCUT2D eigenvalue weighted by Gasteiger charge is -2.08. The Balaban J connectivity index is 2.31.